The van der Waals surface area contributed by atoms with Crippen molar-refractivity contribution in [3.05, 3.63) is 64.9 Å². The lowest BCUT2D eigenvalue weighted by molar-refractivity contribution is -0.121. The van der Waals surface area contributed by atoms with E-state index in [2.05, 4.69) is 15.8 Å². The van der Waals surface area contributed by atoms with E-state index in [4.69, 9.17) is 11.6 Å². The SMILES string of the molecule is CC[C@@H](Nc1cccc(Cl)c1)C(=O)N/N=C\c1ccc(F)cc1. The Morgan fingerprint density at radius 3 is 2.70 bits per heavy atom. The van der Waals surface area contributed by atoms with Gasteiger partial charge in [-0.2, -0.15) is 5.10 Å². The third-order valence-corrected chi connectivity index (χ3v) is 3.38. The van der Waals surface area contributed by atoms with E-state index < -0.39 is 6.04 Å². The molecule has 0 aliphatic heterocycles. The van der Waals surface area contributed by atoms with Crippen molar-refractivity contribution in [3.63, 3.8) is 0 Å². The molecule has 2 rings (SSSR count). The molecule has 1 amide bonds. The van der Waals surface area contributed by atoms with Crippen LogP contribution in [0.25, 0.3) is 0 Å². The summed E-state index contributed by atoms with van der Waals surface area (Å²) in [6.07, 6.45) is 2.05. The summed E-state index contributed by atoms with van der Waals surface area (Å²) < 4.78 is 12.8. The molecule has 0 unspecified atom stereocenters. The van der Waals surface area contributed by atoms with Crippen LogP contribution in [-0.4, -0.2) is 18.2 Å². The summed E-state index contributed by atoms with van der Waals surface area (Å²) in [6.45, 7) is 1.89. The highest BCUT2D eigenvalue weighted by atomic mass is 35.5. The third kappa shape index (κ3) is 5.38. The first kappa shape index (κ1) is 17.0. The zero-order valence-electron chi connectivity index (χ0n) is 12.6. The molecule has 0 aromatic heterocycles. The van der Waals surface area contributed by atoms with E-state index in [0.717, 1.165) is 5.69 Å². The van der Waals surface area contributed by atoms with Gasteiger partial charge in [-0.05, 0) is 42.3 Å². The number of halogens is 2. The van der Waals surface area contributed by atoms with Crippen LogP contribution in [0.15, 0.2) is 53.6 Å². The minimum absolute atomic E-state index is 0.258. The predicted octanol–water partition coefficient (Wildman–Crippen LogP) is 3.82. The van der Waals surface area contributed by atoms with Crippen LogP contribution >= 0.6 is 11.6 Å². The summed E-state index contributed by atoms with van der Waals surface area (Å²) in [5.41, 5.74) is 3.94. The van der Waals surface area contributed by atoms with Gasteiger partial charge in [-0.3, -0.25) is 4.79 Å². The standard InChI is InChI=1S/C17H17ClFN3O/c1-2-16(21-15-5-3-4-13(18)10-15)17(23)22-20-11-12-6-8-14(19)9-7-12/h3-11,16,21H,2H2,1H3,(H,22,23)/b20-11-/t16-/m1/s1. The van der Waals surface area contributed by atoms with Gasteiger partial charge in [0, 0.05) is 10.7 Å². The Labute approximate surface area is 139 Å². The van der Waals surface area contributed by atoms with Crippen molar-refractivity contribution >= 4 is 29.4 Å². The smallest absolute Gasteiger partial charge is 0.262 e. The zero-order valence-corrected chi connectivity index (χ0v) is 13.3. The molecule has 0 spiro atoms. The van der Waals surface area contributed by atoms with Crippen LogP contribution in [0.5, 0.6) is 0 Å². The van der Waals surface area contributed by atoms with Gasteiger partial charge in [0.25, 0.3) is 5.91 Å². The van der Waals surface area contributed by atoms with Crippen LogP contribution in [0, 0.1) is 5.82 Å². The first-order valence-corrected chi connectivity index (χ1v) is 7.57. The number of amides is 1. The largest absolute Gasteiger partial charge is 0.374 e. The van der Waals surface area contributed by atoms with Crippen LogP contribution < -0.4 is 10.7 Å². The molecule has 2 aromatic carbocycles. The number of nitrogens with one attached hydrogen (secondary N) is 2. The molecule has 6 heteroatoms. The number of anilines is 1. The van der Waals surface area contributed by atoms with Crippen LogP contribution in [-0.2, 0) is 4.79 Å². The summed E-state index contributed by atoms with van der Waals surface area (Å²) in [5, 5.41) is 7.59. The Balaban J connectivity index is 1.93. The molecular weight excluding hydrogens is 317 g/mol. The number of hydrogen-bond acceptors (Lipinski definition) is 3. The van der Waals surface area contributed by atoms with Gasteiger partial charge in [-0.25, -0.2) is 9.82 Å². The molecule has 0 aliphatic carbocycles. The van der Waals surface area contributed by atoms with Crippen LogP contribution in [0.3, 0.4) is 0 Å². The molecule has 120 valence electrons. The average Bonchev–Trinajstić information content (AvgIpc) is 2.54. The maximum atomic E-state index is 12.8. The Kier molecular flexibility index (Phi) is 6.11. The summed E-state index contributed by atoms with van der Waals surface area (Å²) in [7, 11) is 0. The second kappa shape index (κ2) is 8.29. The van der Waals surface area contributed by atoms with Crippen molar-refractivity contribution in [2.75, 3.05) is 5.32 Å². The molecule has 0 fully saturated rings. The molecule has 0 aliphatic rings. The number of nitrogens with zero attached hydrogens (tertiary/aromatic N) is 1. The second-order valence-electron chi connectivity index (χ2n) is 4.90. The number of hydrazone groups is 1. The first-order valence-electron chi connectivity index (χ1n) is 7.19. The van der Waals surface area contributed by atoms with Crippen molar-refractivity contribution in [3.8, 4) is 0 Å². The fraction of sp³-hybridized carbons (Fsp3) is 0.176. The fourth-order valence-electron chi connectivity index (χ4n) is 1.93. The molecule has 0 saturated carbocycles. The van der Waals surface area contributed by atoms with Gasteiger partial charge in [0.1, 0.15) is 11.9 Å². The van der Waals surface area contributed by atoms with Crippen molar-refractivity contribution in [1.82, 2.24) is 5.43 Å². The quantitative estimate of drug-likeness (QED) is 0.623. The Morgan fingerprint density at radius 1 is 1.30 bits per heavy atom. The van der Waals surface area contributed by atoms with E-state index in [1.807, 2.05) is 19.1 Å². The van der Waals surface area contributed by atoms with Gasteiger partial charge in [-0.1, -0.05) is 36.7 Å². The third-order valence-electron chi connectivity index (χ3n) is 3.15. The number of hydrogen-bond donors (Lipinski definition) is 2. The number of carbonyl (C=O) groups is 1. The summed E-state index contributed by atoms with van der Waals surface area (Å²) in [5.74, 6) is -0.575. The molecule has 0 heterocycles. The Morgan fingerprint density at radius 2 is 2.04 bits per heavy atom. The van der Waals surface area contributed by atoms with E-state index in [1.54, 1.807) is 24.3 Å². The van der Waals surface area contributed by atoms with Gasteiger partial charge in [0.15, 0.2) is 0 Å². The first-order chi connectivity index (χ1) is 11.1. The summed E-state index contributed by atoms with van der Waals surface area (Å²) in [4.78, 5) is 12.1. The monoisotopic (exact) mass is 333 g/mol. The van der Waals surface area contributed by atoms with Crippen molar-refractivity contribution in [2.45, 2.75) is 19.4 Å². The summed E-state index contributed by atoms with van der Waals surface area (Å²) >= 11 is 5.92. The molecule has 2 aromatic rings. The zero-order chi connectivity index (χ0) is 16.7. The maximum absolute atomic E-state index is 12.8. The second-order valence-corrected chi connectivity index (χ2v) is 5.34. The lowest BCUT2D eigenvalue weighted by Gasteiger charge is -2.16. The lowest BCUT2D eigenvalue weighted by Crippen LogP contribution is -2.36. The highest BCUT2D eigenvalue weighted by Crippen LogP contribution is 2.16. The molecule has 23 heavy (non-hydrogen) atoms. The van der Waals surface area contributed by atoms with Crippen molar-refractivity contribution in [2.24, 2.45) is 5.10 Å². The topological polar surface area (TPSA) is 53.5 Å². The van der Waals surface area contributed by atoms with E-state index in [0.29, 0.717) is 17.0 Å². The minimum Gasteiger partial charge on any atom is -0.374 e. The van der Waals surface area contributed by atoms with Gasteiger partial charge in [-0.15, -0.1) is 0 Å². The molecule has 2 N–H and O–H groups in total. The molecular formula is C17H17ClFN3O. The summed E-state index contributed by atoms with van der Waals surface area (Å²) in [6, 6.07) is 12.5. The number of carbonyl (C=O) groups excluding carboxylic acids is 1. The van der Waals surface area contributed by atoms with Gasteiger partial charge >= 0.3 is 0 Å². The van der Waals surface area contributed by atoms with E-state index in [-0.39, 0.29) is 11.7 Å². The fourth-order valence-corrected chi connectivity index (χ4v) is 2.12. The highest BCUT2D eigenvalue weighted by Gasteiger charge is 2.15. The number of benzene rings is 2. The highest BCUT2D eigenvalue weighted by molar-refractivity contribution is 6.30. The van der Waals surface area contributed by atoms with E-state index >= 15 is 0 Å². The molecule has 1 atom stereocenters. The average molecular weight is 334 g/mol. The van der Waals surface area contributed by atoms with E-state index in [9.17, 15) is 9.18 Å². The van der Waals surface area contributed by atoms with E-state index in [1.165, 1.54) is 18.3 Å². The molecule has 4 nitrogen and oxygen atoms in total. The normalized spacial score (nSPS) is 12.1. The number of rotatable bonds is 6. The van der Waals surface area contributed by atoms with Crippen molar-refractivity contribution in [1.29, 1.82) is 0 Å². The minimum atomic E-state index is -0.432. The van der Waals surface area contributed by atoms with Crippen molar-refractivity contribution < 1.29 is 9.18 Å². The van der Waals surface area contributed by atoms with Crippen LogP contribution in [0.1, 0.15) is 18.9 Å². The molecule has 0 saturated heterocycles. The van der Waals surface area contributed by atoms with Gasteiger partial charge < -0.3 is 5.32 Å². The van der Waals surface area contributed by atoms with Gasteiger partial charge in [0.2, 0.25) is 0 Å². The Hall–Kier alpha value is -2.40. The van der Waals surface area contributed by atoms with Crippen LogP contribution in [0.2, 0.25) is 5.02 Å². The van der Waals surface area contributed by atoms with Crippen LogP contribution in [0.4, 0.5) is 10.1 Å². The molecule has 0 radical (unpaired) electrons. The molecule has 0 bridgehead atoms. The maximum Gasteiger partial charge on any atom is 0.262 e. The van der Waals surface area contributed by atoms with Gasteiger partial charge in [0.05, 0.1) is 6.21 Å². The Bertz CT molecular complexity index is 688. The lowest BCUT2D eigenvalue weighted by atomic mass is 10.2. The predicted molar refractivity (Wildman–Crippen MR) is 91.3 cm³/mol.